The summed E-state index contributed by atoms with van der Waals surface area (Å²) in [4.78, 5) is 6.63. The molecule has 1 aliphatic heterocycles. The van der Waals surface area contributed by atoms with E-state index in [1.165, 1.54) is 0 Å². The zero-order chi connectivity index (χ0) is 14.5. The summed E-state index contributed by atoms with van der Waals surface area (Å²) < 4.78 is 7.23. The van der Waals surface area contributed by atoms with Crippen molar-refractivity contribution in [3.05, 3.63) is 36.2 Å². The van der Waals surface area contributed by atoms with Gasteiger partial charge in [0, 0.05) is 38.4 Å². The van der Waals surface area contributed by atoms with Crippen LogP contribution in [-0.2, 0) is 6.54 Å². The van der Waals surface area contributed by atoms with Gasteiger partial charge >= 0.3 is 0 Å². The van der Waals surface area contributed by atoms with E-state index >= 15 is 0 Å². The second-order valence-electron chi connectivity index (χ2n) is 4.84. The van der Waals surface area contributed by atoms with Crippen molar-refractivity contribution in [1.82, 2.24) is 20.0 Å². The number of aromatic nitrogens is 2. The van der Waals surface area contributed by atoms with Gasteiger partial charge in [-0.15, -0.1) is 0 Å². The first-order valence-corrected chi connectivity index (χ1v) is 8.06. The average molecular weight is 397 g/mol. The maximum atomic E-state index is 5.42. The molecule has 1 fully saturated rings. The Morgan fingerprint density at radius 1 is 1.24 bits per heavy atom. The van der Waals surface area contributed by atoms with Gasteiger partial charge in [0.05, 0.1) is 16.5 Å². The van der Waals surface area contributed by atoms with Crippen molar-refractivity contribution in [1.29, 1.82) is 0 Å². The molecule has 21 heavy (non-hydrogen) atoms. The van der Waals surface area contributed by atoms with Crippen molar-refractivity contribution in [2.45, 2.75) is 6.54 Å². The second-order valence-corrected chi connectivity index (χ2v) is 5.39. The minimum Gasteiger partial charge on any atom is -0.359 e. The maximum absolute atomic E-state index is 5.42. The van der Waals surface area contributed by atoms with Crippen molar-refractivity contribution >= 4 is 26.8 Å². The van der Waals surface area contributed by atoms with E-state index in [1.807, 2.05) is 28.5 Å². The molecule has 0 unspecified atom stereocenters. The van der Waals surface area contributed by atoms with Crippen LogP contribution in [0.15, 0.2) is 40.1 Å². The molecule has 0 N–H and O–H groups in total. The summed E-state index contributed by atoms with van der Waals surface area (Å²) in [5.41, 5.74) is 1.63. The van der Waals surface area contributed by atoms with Gasteiger partial charge in [0.15, 0.2) is 5.76 Å². The van der Waals surface area contributed by atoms with E-state index in [0.29, 0.717) is 0 Å². The molecule has 0 aromatic carbocycles. The molecule has 3 rings (SSSR count). The summed E-state index contributed by atoms with van der Waals surface area (Å²) in [6, 6.07) is 7.74. The van der Waals surface area contributed by atoms with Crippen LogP contribution in [0, 0.1) is 0 Å². The number of piperazine rings is 1. The first-order chi connectivity index (χ1) is 10.3. The lowest BCUT2D eigenvalue weighted by Gasteiger charge is -2.32. The van der Waals surface area contributed by atoms with Crippen LogP contribution in [-0.4, -0.2) is 50.4 Å². The number of pyridine rings is 1. The quantitative estimate of drug-likeness (QED) is 0.585. The predicted octanol–water partition coefficient (Wildman–Crippen LogP) is 2.23. The molecule has 0 saturated carbocycles. The summed E-state index contributed by atoms with van der Waals surface area (Å²) >= 11 is 2.15. The average Bonchev–Trinajstić information content (AvgIpc) is 2.99. The van der Waals surface area contributed by atoms with E-state index in [2.05, 4.69) is 47.7 Å². The molecule has 0 amide bonds. The highest BCUT2D eigenvalue weighted by Gasteiger charge is 2.17. The van der Waals surface area contributed by atoms with E-state index in [9.17, 15) is 0 Å². The van der Waals surface area contributed by atoms with Crippen LogP contribution in [0.4, 0.5) is 0 Å². The zero-order valence-electron chi connectivity index (χ0n) is 11.5. The third kappa shape index (κ3) is 3.79. The summed E-state index contributed by atoms with van der Waals surface area (Å²) in [7, 11) is 0. The van der Waals surface area contributed by atoms with E-state index in [0.717, 1.165) is 49.9 Å². The molecule has 0 bridgehead atoms. The van der Waals surface area contributed by atoms with Crippen molar-refractivity contribution in [3.63, 3.8) is 0 Å². The number of nitrogens with zero attached hydrogens (tertiary/aromatic N) is 5. The summed E-state index contributed by atoms with van der Waals surface area (Å²) in [5, 5.41) is 10.5. The molecular formula is C14H16IN5O. The fraction of sp³-hybridized carbons (Fsp3) is 0.357. The van der Waals surface area contributed by atoms with Crippen LogP contribution in [0.3, 0.4) is 0 Å². The number of hydrogen-bond donors (Lipinski definition) is 0. The minimum atomic E-state index is 0.779. The molecule has 110 valence electrons. The number of hydrazone groups is 1. The Balaban J connectivity index is 1.58. The van der Waals surface area contributed by atoms with Gasteiger partial charge in [-0.1, -0.05) is 11.2 Å². The van der Waals surface area contributed by atoms with E-state index in [-0.39, 0.29) is 0 Å². The summed E-state index contributed by atoms with van der Waals surface area (Å²) in [5.74, 6) is 0.876. The largest absolute Gasteiger partial charge is 0.359 e. The third-order valence-electron chi connectivity index (χ3n) is 3.42. The lowest BCUT2D eigenvalue weighted by molar-refractivity contribution is 0.122. The summed E-state index contributed by atoms with van der Waals surface area (Å²) in [6.45, 7) is 4.63. The molecule has 7 heteroatoms. The summed E-state index contributed by atoms with van der Waals surface area (Å²) in [6.07, 6.45) is 1.76. The van der Waals surface area contributed by atoms with E-state index in [4.69, 9.17) is 4.52 Å². The van der Waals surface area contributed by atoms with Crippen LogP contribution >= 0.6 is 22.6 Å². The van der Waals surface area contributed by atoms with Gasteiger partial charge in [-0.25, -0.2) is 0 Å². The number of halogens is 1. The van der Waals surface area contributed by atoms with Crippen molar-refractivity contribution in [2.75, 3.05) is 26.2 Å². The fourth-order valence-electron chi connectivity index (χ4n) is 2.32. The molecule has 1 aliphatic rings. The van der Waals surface area contributed by atoms with Crippen LogP contribution in [0.1, 0.15) is 5.76 Å². The lowest BCUT2D eigenvalue weighted by atomic mass is 10.2. The smallest absolute Gasteiger partial charge is 0.151 e. The standard InChI is InChI=1S/C14H16IN5O/c15-11-17-20-7-5-19(6-8-20)10-12-9-14(18-21-12)13-3-1-2-4-16-13/h1-4,9,11H,5-8,10H2/b17-11+. The van der Waals surface area contributed by atoms with Crippen molar-refractivity contribution in [2.24, 2.45) is 5.10 Å². The lowest BCUT2D eigenvalue weighted by Crippen LogP contribution is -2.43. The molecule has 0 radical (unpaired) electrons. The SMILES string of the molecule is I/C=N/N1CCN(Cc2cc(-c3ccccn3)no2)CC1. The minimum absolute atomic E-state index is 0.779. The first kappa shape index (κ1) is 14.5. The Hall–Kier alpha value is -1.48. The first-order valence-electron chi connectivity index (χ1n) is 6.82. The Kier molecular flexibility index (Phi) is 4.81. The zero-order valence-corrected chi connectivity index (χ0v) is 13.7. The van der Waals surface area contributed by atoms with Crippen LogP contribution in [0.2, 0.25) is 0 Å². The van der Waals surface area contributed by atoms with Gasteiger partial charge in [0.1, 0.15) is 5.69 Å². The van der Waals surface area contributed by atoms with Crippen LogP contribution in [0.25, 0.3) is 11.4 Å². The molecule has 2 aromatic rings. The molecule has 0 atom stereocenters. The fourth-order valence-corrected chi connectivity index (χ4v) is 2.67. The topological polar surface area (TPSA) is 57.8 Å². The van der Waals surface area contributed by atoms with Crippen LogP contribution < -0.4 is 0 Å². The highest BCUT2D eigenvalue weighted by molar-refractivity contribution is 14.1. The van der Waals surface area contributed by atoms with Gasteiger partial charge in [0.25, 0.3) is 0 Å². The molecule has 0 aliphatic carbocycles. The predicted molar refractivity (Wildman–Crippen MR) is 89.1 cm³/mol. The van der Waals surface area contributed by atoms with Crippen LogP contribution in [0.5, 0.6) is 0 Å². The molecule has 1 saturated heterocycles. The Morgan fingerprint density at radius 2 is 2.10 bits per heavy atom. The van der Waals surface area contributed by atoms with Gasteiger partial charge in [-0.05, 0) is 34.7 Å². The number of hydrogen-bond acceptors (Lipinski definition) is 6. The Labute approximate surface area is 137 Å². The maximum Gasteiger partial charge on any atom is 0.151 e. The third-order valence-corrected chi connectivity index (χ3v) is 3.67. The normalized spacial score (nSPS) is 16.7. The van der Waals surface area contributed by atoms with Gasteiger partial charge in [-0.2, -0.15) is 5.10 Å². The monoisotopic (exact) mass is 397 g/mol. The van der Waals surface area contributed by atoms with Crippen molar-refractivity contribution in [3.8, 4) is 11.4 Å². The molecule has 2 aromatic heterocycles. The molecule has 0 spiro atoms. The molecule has 3 heterocycles. The Bertz CT molecular complexity index is 592. The highest BCUT2D eigenvalue weighted by Crippen LogP contribution is 2.17. The van der Waals surface area contributed by atoms with E-state index < -0.39 is 0 Å². The second kappa shape index (κ2) is 6.99. The molecule has 6 nitrogen and oxygen atoms in total. The van der Waals surface area contributed by atoms with E-state index in [1.54, 1.807) is 6.20 Å². The van der Waals surface area contributed by atoms with Crippen molar-refractivity contribution < 1.29 is 4.52 Å². The van der Waals surface area contributed by atoms with Gasteiger partial charge in [-0.3, -0.25) is 14.9 Å². The Morgan fingerprint density at radius 3 is 2.81 bits per heavy atom. The number of rotatable bonds is 4. The van der Waals surface area contributed by atoms with Gasteiger partial charge < -0.3 is 4.52 Å². The molecular weight excluding hydrogens is 381 g/mol. The van der Waals surface area contributed by atoms with Gasteiger partial charge in [0.2, 0.25) is 0 Å². The highest BCUT2D eigenvalue weighted by atomic mass is 127.